The van der Waals surface area contributed by atoms with Gasteiger partial charge in [0, 0.05) is 11.1 Å². The highest BCUT2D eigenvalue weighted by Crippen LogP contribution is 2.37. The Morgan fingerprint density at radius 2 is 1.57 bits per heavy atom. The van der Waals surface area contributed by atoms with Crippen LogP contribution in [0, 0.1) is 0 Å². The van der Waals surface area contributed by atoms with Crippen LogP contribution in [-0.4, -0.2) is 25.8 Å². The molecule has 0 fully saturated rings. The van der Waals surface area contributed by atoms with E-state index in [0.717, 1.165) is 0 Å². The molecule has 3 rings (SSSR count). The lowest BCUT2D eigenvalue weighted by Crippen LogP contribution is -2.00. The first kappa shape index (κ1) is 15.5. The van der Waals surface area contributed by atoms with E-state index in [-0.39, 0.29) is 17.1 Å². The Hall–Kier alpha value is -2.40. The van der Waals surface area contributed by atoms with E-state index in [1.54, 1.807) is 49.6 Å². The predicted octanol–water partition coefficient (Wildman–Crippen LogP) is 3.93. The smallest absolute Gasteiger partial charge is 0.197 e. The van der Waals surface area contributed by atoms with Gasteiger partial charge in [0.1, 0.15) is 0 Å². The van der Waals surface area contributed by atoms with Gasteiger partial charge in [-0.2, -0.15) is 0 Å². The van der Waals surface area contributed by atoms with E-state index in [1.807, 2.05) is 0 Å². The molecule has 1 aliphatic carbocycles. The van der Waals surface area contributed by atoms with Crippen LogP contribution in [0.5, 0.6) is 11.5 Å². The molecule has 0 radical (unpaired) electrons. The van der Waals surface area contributed by atoms with Gasteiger partial charge in [0.2, 0.25) is 0 Å². The molecule has 0 heterocycles. The summed E-state index contributed by atoms with van der Waals surface area (Å²) in [6.45, 7) is 0. The molecule has 23 heavy (non-hydrogen) atoms. The number of Topliss-reactive ketones (excluding diaryl/α,β-unsaturated/α-hetero) is 2. The fraction of sp³-hybridized carbons (Fsp3) is 0.111. The molecule has 0 unspecified atom stereocenters. The summed E-state index contributed by atoms with van der Waals surface area (Å²) in [5.74, 6) is 0.569. The minimum atomic E-state index is -0.253. The lowest BCUT2D eigenvalue weighted by molar-refractivity contribution is 0.0990. The summed E-state index contributed by atoms with van der Waals surface area (Å²) in [5.41, 5.74) is 1.73. The third-order valence-corrected chi connectivity index (χ3v) is 4.26. The van der Waals surface area contributed by atoms with E-state index < -0.39 is 0 Å². The largest absolute Gasteiger partial charge is 0.493 e. The number of carbonyl (C=O) groups is 2. The molecular formula is C18H13BrO4. The normalized spacial score (nSPS) is 13.1. The van der Waals surface area contributed by atoms with E-state index in [9.17, 15) is 9.59 Å². The van der Waals surface area contributed by atoms with Gasteiger partial charge in [-0.05, 0) is 39.7 Å². The highest BCUT2D eigenvalue weighted by Gasteiger charge is 2.32. The standard InChI is InChI=1S/C18H13BrO4/c1-22-15-9-10(8-14(19)18(15)23-2)7-13-16(20)11-5-3-4-6-12(11)17(13)21/h3-9H,1-2H3. The lowest BCUT2D eigenvalue weighted by Gasteiger charge is -2.10. The molecule has 116 valence electrons. The molecule has 0 saturated carbocycles. The SMILES string of the molecule is COc1cc(C=C2C(=O)c3ccccc3C2=O)cc(Br)c1OC. The quantitative estimate of drug-likeness (QED) is 0.604. The molecular weight excluding hydrogens is 360 g/mol. The van der Waals surface area contributed by atoms with Crippen molar-refractivity contribution in [1.29, 1.82) is 0 Å². The Balaban J connectivity index is 2.09. The average molecular weight is 373 g/mol. The maximum atomic E-state index is 12.4. The number of hydrogen-bond acceptors (Lipinski definition) is 4. The first-order chi connectivity index (χ1) is 11.1. The van der Waals surface area contributed by atoms with Crippen LogP contribution in [0.4, 0.5) is 0 Å². The molecule has 4 nitrogen and oxygen atoms in total. The second-order valence-corrected chi connectivity index (χ2v) is 5.85. The number of ether oxygens (including phenoxy) is 2. The van der Waals surface area contributed by atoms with Crippen molar-refractivity contribution < 1.29 is 19.1 Å². The van der Waals surface area contributed by atoms with Crippen LogP contribution in [0.3, 0.4) is 0 Å². The Bertz CT molecular complexity index is 815. The fourth-order valence-electron chi connectivity index (χ4n) is 2.59. The molecule has 0 saturated heterocycles. The van der Waals surface area contributed by atoms with E-state index in [2.05, 4.69) is 15.9 Å². The number of fused-ring (bicyclic) bond motifs is 1. The zero-order valence-electron chi connectivity index (χ0n) is 12.6. The van der Waals surface area contributed by atoms with Crippen LogP contribution >= 0.6 is 15.9 Å². The lowest BCUT2D eigenvalue weighted by atomic mass is 10.1. The van der Waals surface area contributed by atoms with Gasteiger partial charge in [0.25, 0.3) is 0 Å². The monoisotopic (exact) mass is 372 g/mol. The zero-order chi connectivity index (χ0) is 16.6. The van der Waals surface area contributed by atoms with Crippen molar-refractivity contribution in [3.05, 3.63) is 63.1 Å². The van der Waals surface area contributed by atoms with Gasteiger partial charge in [0.05, 0.1) is 24.3 Å². The molecule has 0 atom stereocenters. The third-order valence-electron chi connectivity index (χ3n) is 3.67. The molecule has 0 bridgehead atoms. The topological polar surface area (TPSA) is 52.6 Å². The maximum Gasteiger partial charge on any atom is 0.197 e. The summed E-state index contributed by atoms with van der Waals surface area (Å²) in [4.78, 5) is 24.8. The number of ketones is 2. The molecule has 0 spiro atoms. The van der Waals surface area contributed by atoms with E-state index in [4.69, 9.17) is 9.47 Å². The number of methoxy groups -OCH3 is 2. The minimum absolute atomic E-state index is 0.158. The Morgan fingerprint density at radius 3 is 2.09 bits per heavy atom. The summed E-state index contributed by atoms with van der Waals surface area (Å²) in [5, 5.41) is 0. The molecule has 0 aromatic heterocycles. The maximum absolute atomic E-state index is 12.4. The molecule has 2 aromatic carbocycles. The number of rotatable bonds is 3. The summed E-state index contributed by atoms with van der Waals surface area (Å²) < 4.78 is 11.2. The highest BCUT2D eigenvalue weighted by molar-refractivity contribution is 9.10. The third kappa shape index (κ3) is 2.57. The van der Waals surface area contributed by atoms with E-state index in [0.29, 0.717) is 32.7 Å². The van der Waals surface area contributed by atoms with Crippen molar-refractivity contribution in [3.63, 3.8) is 0 Å². The molecule has 1 aliphatic rings. The van der Waals surface area contributed by atoms with Crippen molar-refractivity contribution in [3.8, 4) is 11.5 Å². The average Bonchev–Trinajstić information content (AvgIpc) is 2.80. The molecule has 5 heteroatoms. The van der Waals surface area contributed by atoms with Gasteiger partial charge >= 0.3 is 0 Å². The second kappa shape index (κ2) is 6.01. The van der Waals surface area contributed by atoms with Crippen LogP contribution < -0.4 is 9.47 Å². The first-order valence-corrected chi connectivity index (χ1v) is 7.67. The van der Waals surface area contributed by atoms with Crippen LogP contribution in [0.15, 0.2) is 46.4 Å². The van der Waals surface area contributed by atoms with Gasteiger partial charge in [-0.15, -0.1) is 0 Å². The van der Waals surface area contributed by atoms with Gasteiger partial charge in [-0.25, -0.2) is 0 Å². The highest BCUT2D eigenvalue weighted by atomic mass is 79.9. The number of hydrogen-bond donors (Lipinski definition) is 0. The van der Waals surface area contributed by atoms with Crippen LogP contribution in [-0.2, 0) is 0 Å². The van der Waals surface area contributed by atoms with Gasteiger partial charge in [-0.1, -0.05) is 24.3 Å². The Kier molecular flexibility index (Phi) is 4.05. The summed E-state index contributed by atoms with van der Waals surface area (Å²) in [6, 6.07) is 10.3. The molecule has 0 amide bonds. The fourth-order valence-corrected chi connectivity index (χ4v) is 3.21. The number of carbonyl (C=O) groups excluding carboxylic acids is 2. The number of halogens is 1. The van der Waals surface area contributed by atoms with Crippen LogP contribution in [0.25, 0.3) is 6.08 Å². The number of benzene rings is 2. The zero-order valence-corrected chi connectivity index (χ0v) is 14.1. The van der Waals surface area contributed by atoms with Gasteiger partial charge in [0.15, 0.2) is 23.1 Å². The predicted molar refractivity (Wildman–Crippen MR) is 90.3 cm³/mol. The minimum Gasteiger partial charge on any atom is -0.493 e. The van der Waals surface area contributed by atoms with Crippen molar-refractivity contribution in [2.75, 3.05) is 14.2 Å². The van der Waals surface area contributed by atoms with Crippen molar-refractivity contribution in [2.24, 2.45) is 0 Å². The van der Waals surface area contributed by atoms with E-state index in [1.165, 1.54) is 7.11 Å². The summed E-state index contributed by atoms with van der Waals surface area (Å²) in [6.07, 6.45) is 1.58. The van der Waals surface area contributed by atoms with E-state index >= 15 is 0 Å². The number of allylic oxidation sites excluding steroid dienone is 1. The first-order valence-electron chi connectivity index (χ1n) is 6.88. The molecule has 0 N–H and O–H groups in total. The Morgan fingerprint density at radius 1 is 0.957 bits per heavy atom. The Labute approximate surface area is 141 Å². The summed E-state index contributed by atoms with van der Waals surface area (Å²) in [7, 11) is 3.07. The van der Waals surface area contributed by atoms with Crippen molar-refractivity contribution in [2.45, 2.75) is 0 Å². The van der Waals surface area contributed by atoms with Gasteiger partial charge in [-0.3, -0.25) is 9.59 Å². The second-order valence-electron chi connectivity index (χ2n) is 5.00. The van der Waals surface area contributed by atoms with Crippen LogP contribution in [0.1, 0.15) is 26.3 Å². The van der Waals surface area contributed by atoms with Crippen molar-refractivity contribution >= 4 is 33.6 Å². The molecule has 0 aliphatic heterocycles. The summed E-state index contributed by atoms with van der Waals surface area (Å²) >= 11 is 3.40. The van der Waals surface area contributed by atoms with Crippen LogP contribution in [0.2, 0.25) is 0 Å². The van der Waals surface area contributed by atoms with Gasteiger partial charge < -0.3 is 9.47 Å². The molecule has 2 aromatic rings. The van der Waals surface area contributed by atoms with Crippen molar-refractivity contribution in [1.82, 2.24) is 0 Å².